The fourth-order valence-electron chi connectivity index (χ4n) is 1.45. The molecule has 1 heterocycles. The highest BCUT2D eigenvalue weighted by Crippen LogP contribution is 2.13. The topological polar surface area (TPSA) is 54.0 Å². The fourth-order valence-corrected chi connectivity index (χ4v) is 2.12. The zero-order valence-electron chi connectivity index (χ0n) is 10.8. The second-order valence-corrected chi connectivity index (χ2v) is 5.15. The molecule has 0 aliphatic carbocycles. The van der Waals surface area contributed by atoms with E-state index in [2.05, 4.69) is 22.5 Å². The Morgan fingerprint density at radius 3 is 2.94 bits per heavy atom. The molecule has 100 valence electrons. The summed E-state index contributed by atoms with van der Waals surface area (Å²) in [5.74, 6) is 1.39. The fraction of sp³-hybridized carbons (Fsp3) is 0.500. The van der Waals surface area contributed by atoms with Crippen LogP contribution in [-0.2, 0) is 0 Å². The number of amides is 1. The van der Waals surface area contributed by atoms with Crippen molar-refractivity contribution in [3.63, 3.8) is 0 Å². The molecule has 0 radical (unpaired) electrons. The molecule has 2 N–H and O–H groups in total. The number of carbonyl (C=O) groups is 1. The molecule has 1 unspecified atom stereocenters. The van der Waals surface area contributed by atoms with Crippen molar-refractivity contribution in [3.05, 3.63) is 23.6 Å². The summed E-state index contributed by atoms with van der Waals surface area (Å²) in [6.07, 6.45) is 1.08. The van der Waals surface area contributed by atoms with Crippen molar-refractivity contribution in [1.29, 1.82) is 0 Å². The summed E-state index contributed by atoms with van der Waals surface area (Å²) < 4.78 is 13.1. The van der Waals surface area contributed by atoms with Crippen LogP contribution in [0.1, 0.15) is 24.2 Å². The van der Waals surface area contributed by atoms with Gasteiger partial charge in [-0.2, -0.15) is 11.8 Å². The third-order valence-corrected chi connectivity index (χ3v) is 3.43. The molecule has 0 fully saturated rings. The van der Waals surface area contributed by atoms with Crippen molar-refractivity contribution in [2.75, 3.05) is 23.9 Å². The average molecular weight is 271 g/mol. The number of anilines is 1. The number of halogens is 1. The van der Waals surface area contributed by atoms with E-state index in [4.69, 9.17) is 0 Å². The summed E-state index contributed by atoms with van der Waals surface area (Å²) in [6.45, 7) is 3.99. The maximum atomic E-state index is 13.1. The van der Waals surface area contributed by atoms with Crippen LogP contribution in [0.25, 0.3) is 0 Å². The zero-order chi connectivity index (χ0) is 13.5. The Morgan fingerprint density at radius 2 is 2.33 bits per heavy atom. The van der Waals surface area contributed by atoms with Crippen molar-refractivity contribution < 1.29 is 9.18 Å². The molecule has 1 atom stereocenters. The van der Waals surface area contributed by atoms with E-state index in [1.807, 2.05) is 6.92 Å². The zero-order valence-corrected chi connectivity index (χ0v) is 11.6. The van der Waals surface area contributed by atoms with E-state index >= 15 is 0 Å². The number of hydrogen-bond donors (Lipinski definition) is 2. The molecule has 1 rings (SSSR count). The van der Waals surface area contributed by atoms with Crippen molar-refractivity contribution in [2.24, 2.45) is 0 Å². The van der Waals surface area contributed by atoms with Crippen LogP contribution >= 0.6 is 11.8 Å². The largest absolute Gasteiger partial charge is 0.372 e. The van der Waals surface area contributed by atoms with Crippen LogP contribution in [0, 0.1) is 5.82 Å². The molecule has 4 nitrogen and oxygen atoms in total. The van der Waals surface area contributed by atoms with Crippen LogP contribution in [0.3, 0.4) is 0 Å². The Kier molecular flexibility index (Phi) is 5.91. The molecule has 1 aromatic heterocycles. The Morgan fingerprint density at radius 1 is 1.61 bits per heavy atom. The maximum absolute atomic E-state index is 13.1. The first-order valence-corrected chi connectivity index (χ1v) is 6.95. The number of rotatable bonds is 6. The lowest BCUT2D eigenvalue weighted by molar-refractivity contribution is 0.0944. The lowest BCUT2D eigenvalue weighted by atomic mass is 10.2. The summed E-state index contributed by atoms with van der Waals surface area (Å²) in [6, 6.07) is 1.23. The number of aromatic nitrogens is 1. The molecule has 1 amide bonds. The van der Waals surface area contributed by atoms with Gasteiger partial charge in [-0.1, -0.05) is 6.92 Å². The summed E-state index contributed by atoms with van der Waals surface area (Å²) in [5, 5.41) is 5.60. The van der Waals surface area contributed by atoms with E-state index in [1.165, 1.54) is 6.07 Å². The minimum Gasteiger partial charge on any atom is -0.372 e. The van der Waals surface area contributed by atoms with Gasteiger partial charge in [0.25, 0.3) is 5.91 Å². The predicted octanol–water partition coefficient (Wildman–Crippen LogP) is 2.13. The normalized spacial score (nSPS) is 12.0. The van der Waals surface area contributed by atoms with E-state index in [1.54, 1.807) is 18.8 Å². The third-order valence-electron chi connectivity index (χ3n) is 2.29. The van der Waals surface area contributed by atoms with Gasteiger partial charge in [0.15, 0.2) is 0 Å². The molecular weight excluding hydrogens is 253 g/mol. The number of pyridine rings is 1. The van der Waals surface area contributed by atoms with Crippen molar-refractivity contribution >= 4 is 23.5 Å². The highest BCUT2D eigenvalue weighted by Gasteiger charge is 2.15. The first-order valence-electron chi connectivity index (χ1n) is 5.80. The minimum absolute atomic E-state index is 0.0374. The van der Waals surface area contributed by atoms with Crippen molar-refractivity contribution in [1.82, 2.24) is 10.3 Å². The van der Waals surface area contributed by atoms with Gasteiger partial charge in [0.2, 0.25) is 0 Å². The number of carbonyl (C=O) groups excluding carboxylic acids is 1. The lowest BCUT2D eigenvalue weighted by Crippen LogP contribution is -2.34. The van der Waals surface area contributed by atoms with E-state index < -0.39 is 5.82 Å². The summed E-state index contributed by atoms with van der Waals surface area (Å²) >= 11 is 1.75. The average Bonchev–Trinajstić information content (AvgIpc) is 2.36. The molecule has 0 bridgehead atoms. The molecule has 0 spiro atoms. The third kappa shape index (κ3) is 4.18. The van der Waals surface area contributed by atoms with Gasteiger partial charge < -0.3 is 10.6 Å². The van der Waals surface area contributed by atoms with Gasteiger partial charge in [0.05, 0.1) is 11.8 Å². The molecule has 6 heteroatoms. The second-order valence-electron chi connectivity index (χ2n) is 3.83. The Balaban J connectivity index is 2.74. The van der Waals surface area contributed by atoms with Crippen molar-refractivity contribution in [2.45, 2.75) is 19.9 Å². The number of thioether (sulfide) groups is 1. The van der Waals surface area contributed by atoms with E-state index in [-0.39, 0.29) is 17.5 Å². The first kappa shape index (κ1) is 14.8. The molecule has 0 saturated carbocycles. The van der Waals surface area contributed by atoms with Crippen LogP contribution in [0.4, 0.5) is 10.2 Å². The quantitative estimate of drug-likeness (QED) is 0.832. The second kappa shape index (κ2) is 7.20. The molecule has 1 aromatic rings. The van der Waals surface area contributed by atoms with Gasteiger partial charge in [0.1, 0.15) is 11.6 Å². The van der Waals surface area contributed by atoms with Gasteiger partial charge in [-0.15, -0.1) is 0 Å². The predicted molar refractivity (Wildman–Crippen MR) is 73.7 cm³/mol. The Bertz CT molecular complexity index is 414. The Labute approximate surface area is 111 Å². The maximum Gasteiger partial charge on any atom is 0.255 e. The SMILES string of the molecule is CCSCC(C)NC(=O)c1cc(F)cnc1NC. The number of nitrogens with zero attached hydrogens (tertiary/aromatic N) is 1. The number of hydrogen-bond acceptors (Lipinski definition) is 4. The van der Waals surface area contributed by atoms with Crippen LogP contribution in [-0.4, -0.2) is 35.5 Å². The molecule has 0 saturated heterocycles. The highest BCUT2D eigenvalue weighted by molar-refractivity contribution is 7.99. The smallest absolute Gasteiger partial charge is 0.255 e. The minimum atomic E-state index is -0.519. The highest BCUT2D eigenvalue weighted by atomic mass is 32.2. The van der Waals surface area contributed by atoms with E-state index in [0.717, 1.165) is 17.7 Å². The molecular formula is C12H18FN3OS. The molecule has 18 heavy (non-hydrogen) atoms. The number of nitrogens with one attached hydrogen (secondary N) is 2. The van der Waals surface area contributed by atoms with Gasteiger partial charge in [-0.05, 0) is 18.7 Å². The van der Waals surface area contributed by atoms with Crippen LogP contribution in [0.5, 0.6) is 0 Å². The van der Waals surface area contributed by atoms with E-state index in [0.29, 0.717) is 5.82 Å². The molecule has 0 aliphatic heterocycles. The summed E-state index contributed by atoms with van der Waals surface area (Å²) in [7, 11) is 1.65. The monoisotopic (exact) mass is 271 g/mol. The summed E-state index contributed by atoms with van der Waals surface area (Å²) in [5.41, 5.74) is 0.228. The van der Waals surface area contributed by atoms with Gasteiger partial charge in [-0.3, -0.25) is 4.79 Å². The van der Waals surface area contributed by atoms with Crippen LogP contribution in [0.15, 0.2) is 12.3 Å². The van der Waals surface area contributed by atoms with Gasteiger partial charge in [-0.25, -0.2) is 9.37 Å². The first-order chi connectivity index (χ1) is 8.58. The van der Waals surface area contributed by atoms with Crippen LogP contribution < -0.4 is 10.6 Å². The van der Waals surface area contributed by atoms with E-state index in [9.17, 15) is 9.18 Å². The molecule has 0 aromatic carbocycles. The Hall–Kier alpha value is -1.30. The van der Waals surface area contributed by atoms with Crippen LogP contribution in [0.2, 0.25) is 0 Å². The lowest BCUT2D eigenvalue weighted by Gasteiger charge is -2.14. The standard InChI is InChI=1S/C12H18FN3OS/c1-4-18-7-8(2)16-12(17)10-5-9(13)6-15-11(10)14-3/h5-6,8H,4,7H2,1-3H3,(H,14,15)(H,16,17). The van der Waals surface area contributed by atoms with Gasteiger partial charge >= 0.3 is 0 Å². The van der Waals surface area contributed by atoms with Crippen molar-refractivity contribution in [3.8, 4) is 0 Å². The van der Waals surface area contributed by atoms with Gasteiger partial charge in [0, 0.05) is 18.8 Å². The molecule has 0 aliphatic rings. The summed E-state index contributed by atoms with van der Waals surface area (Å²) in [4.78, 5) is 15.8.